The maximum absolute atomic E-state index is 12.1. The zero-order valence-electron chi connectivity index (χ0n) is 13.3. The molecule has 1 aromatic carbocycles. The van der Waals surface area contributed by atoms with Crippen LogP contribution in [-0.2, 0) is 9.59 Å². The molecule has 0 aromatic heterocycles. The lowest BCUT2D eigenvalue weighted by Gasteiger charge is -2.36. The molecule has 0 unspecified atom stereocenters. The second-order valence-corrected chi connectivity index (χ2v) is 5.58. The molecule has 0 atom stereocenters. The van der Waals surface area contributed by atoms with Crippen LogP contribution in [0.5, 0.6) is 0 Å². The standard InChI is InChI=1S/C17H25N3O2/c1-2-3-9-18-16(21)14-17(22)20-12-10-19(11-13-20)15-7-5-4-6-8-15/h4-8H,2-3,9-14H2,1H3,(H,18,21). The fourth-order valence-electron chi connectivity index (χ4n) is 2.57. The second kappa shape index (κ2) is 8.41. The first-order valence-electron chi connectivity index (χ1n) is 8.05. The number of carbonyl (C=O) groups excluding carboxylic acids is 2. The Kier molecular flexibility index (Phi) is 6.25. The van der Waals surface area contributed by atoms with Gasteiger partial charge in [-0.15, -0.1) is 0 Å². The number of carbonyl (C=O) groups is 2. The van der Waals surface area contributed by atoms with Gasteiger partial charge in [0, 0.05) is 38.4 Å². The summed E-state index contributed by atoms with van der Waals surface area (Å²) in [5, 5.41) is 2.79. The second-order valence-electron chi connectivity index (χ2n) is 5.58. The Morgan fingerprint density at radius 1 is 1.09 bits per heavy atom. The van der Waals surface area contributed by atoms with Crippen molar-refractivity contribution in [1.29, 1.82) is 0 Å². The molecule has 1 aromatic rings. The Morgan fingerprint density at radius 3 is 2.41 bits per heavy atom. The Bertz CT molecular complexity index is 482. The molecule has 0 aliphatic carbocycles. The van der Waals surface area contributed by atoms with Crippen molar-refractivity contribution in [2.24, 2.45) is 0 Å². The van der Waals surface area contributed by atoms with Gasteiger partial charge in [-0.25, -0.2) is 0 Å². The summed E-state index contributed by atoms with van der Waals surface area (Å²) in [7, 11) is 0. The van der Waals surface area contributed by atoms with Crippen molar-refractivity contribution < 1.29 is 9.59 Å². The molecule has 0 saturated carbocycles. The molecule has 5 nitrogen and oxygen atoms in total. The van der Waals surface area contributed by atoms with Crippen molar-refractivity contribution in [1.82, 2.24) is 10.2 Å². The van der Waals surface area contributed by atoms with E-state index >= 15 is 0 Å². The molecule has 5 heteroatoms. The first kappa shape index (κ1) is 16.3. The smallest absolute Gasteiger partial charge is 0.232 e. The van der Waals surface area contributed by atoms with Crippen LogP contribution < -0.4 is 10.2 Å². The quantitative estimate of drug-likeness (QED) is 0.642. The molecule has 0 radical (unpaired) electrons. The molecule has 1 aliphatic rings. The minimum absolute atomic E-state index is 0.0327. The fraction of sp³-hybridized carbons (Fsp3) is 0.529. The van der Waals surface area contributed by atoms with E-state index in [1.165, 1.54) is 5.69 Å². The van der Waals surface area contributed by atoms with Crippen LogP contribution in [0, 0.1) is 0 Å². The monoisotopic (exact) mass is 303 g/mol. The van der Waals surface area contributed by atoms with Gasteiger partial charge in [-0.1, -0.05) is 31.5 Å². The van der Waals surface area contributed by atoms with E-state index in [2.05, 4.69) is 29.3 Å². The number of benzene rings is 1. The first-order valence-corrected chi connectivity index (χ1v) is 8.05. The average Bonchev–Trinajstić information content (AvgIpc) is 2.56. The molecule has 2 amide bonds. The lowest BCUT2D eigenvalue weighted by molar-refractivity contribution is -0.136. The normalized spacial score (nSPS) is 14.8. The summed E-state index contributed by atoms with van der Waals surface area (Å²) in [6, 6.07) is 10.2. The van der Waals surface area contributed by atoms with Crippen molar-refractivity contribution in [3.63, 3.8) is 0 Å². The van der Waals surface area contributed by atoms with Crippen LogP contribution in [0.3, 0.4) is 0 Å². The molecule has 22 heavy (non-hydrogen) atoms. The van der Waals surface area contributed by atoms with Gasteiger partial charge in [0.2, 0.25) is 11.8 Å². The third-order valence-corrected chi connectivity index (χ3v) is 3.92. The summed E-state index contributed by atoms with van der Waals surface area (Å²) in [5.74, 6) is -0.231. The van der Waals surface area contributed by atoms with E-state index < -0.39 is 0 Å². The van der Waals surface area contributed by atoms with Crippen molar-refractivity contribution >= 4 is 17.5 Å². The molecule has 120 valence electrons. The molecule has 1 fully saturated rings. The Hall–Kier alpha value is -2.04. The van der Waals surface area contributed by atoms with Crippen LogP contribution in [0.4, 0.5) is 5.69 Å². The van der Waals surface area contributed by atoms with E-state index in [1.807, 2.05) is 18.2 Å². The SMILES string of the molecule is CCCCNC(=O)CC(=O)N1CCN(c2ccccc2)CC1. The molecule has 2 rings (SSSR count). The summed E-state index contributed by atoms with van der Waals surface area (Å²) in [6.45, 7) is 5.71. The Morgan fingerprint density at radius 2 is 1.77 bits per heavy atom. The summed E-state index contributed by atoms with van der Waals surface area (Å²) in [5.41, 5.74) is 1.19. The molecule has 1 N–H and O–H groups in total. The minimum atomic E-state index is -0.163. The largest absolute Gasteiger partial charge is 0.368 e. The number of amides is 2. The summed E-state index contributed by atoms with van der Waals surface area (Å²) < 4.78 is 0. The van der Waals surface area contributed by atoms with Crippen LogP contribution in [0.15, 0.2) is 30.3 Å². The van der Waals surface area contributed by atoms with Crippen molar-refractivity contribution in [2.45, 2.75) is 26.2 Å². The molecular formula is C17H25N3O2. The van der Waals surface area contributed by atoms with Crippen molar-refractivity contribution in [3.05, 3.63) is 30.3 Å². The van der Waals surface area contributed by atoms with E-state index in [9.17, 15) is 9.59 Å². The van der Waals surface area contributed by atoms with E-state index in [0.29, 0.717) is 19.6 Å². The highest BCUT2D eigenvalue weighted by Gasteiger charge is 2.22. The van der Waals surface area contributed by atoms with Gasteiger partial charge in [0.05, 0.1) is 0 Å². The van der Waals surface area contributed by atoms with E-state index in [4.69, 9.17) is 0 Å². The molecule has 1 saturated heterocycles. The highest BCUT2D eigenvalue weighted by atomic mass is 16.2. The molecule has 1 heterocycles. The van der Waals surface area contributed by atoms with Gasteiger partial charge in [0.1, 0.15) is 6.42 Å². The zero-order valence-corrected chi connectivity index (χ0v) is 13.3. The third kappa shape index (κ3) is 4.76. The lowest BCUT2D eigenvalue weighted by Crippen LogP contribution is -2.49. The molecular weight excluding hydrogens is 278 g/mol. The fourth-order valence-corrected chi connectivity index (χ4v) is 2.57. The summed E-state index contributed by atoms with van der Waals surface area (Å²) in [4.78, 5) is 27.9. The maximum Gasteiger partial charge on any atom is 0.232 e. The van der Waals surface area contributed by atoms with Gasteiger partial charge in [-0.2, -0.15) is 0 Å². The molecule has 0 spiro atoms. The van der Waals surface area contributed by atoms with Gasteiger partial charge >= 0.3 is 0 Å². The number of rotatable bonds is 6. The van der Waals surface area contributed by atoms with Crippen molar-refractivity contribution in [3.8, 4) is 0 Å². The predicted molar refractivity (Wildman–Crippen MR) is 87.8 cm³/mol. The van der Waals surface area contributed by atoms with E-state index in [-0.39, 0.29) is 18.2 Å². The number of unbranched alkanes of at least 4 members (excludes halogenated alkanes) is 1. The van der Waals surface area contributed by atoms with Gasteiger partial charge in [0.25, 0.3) is 0 Å². The van der Waals surface area contributed by atoms with Crippen LogP contribution in [0.25, 0.3) is 0 Å². The number of piperazine rings is 1. The number of hydrogen-bond donors (Lipinski definition) is 1. The first-order chi connectivity index (χ1) is 10.7. The topological polar surface area (TPSA) is 52.7 Å². The Balaban J connectivity index is 1.74. The van der Waals surface area contributed by atoms with Crippen LogP contribution in [0.1, 0.15) is 26.2 Å². The number of nitrogens with zero attached hydrogens (tertiary/aromatic N) is 2. The zero-order chi connectivity index (χ0) is 15.8. The number of para-hydroxylation sites is 1. The van der Waals surface area contributed by atoms with Crippen LogP contribution >= 0.6 is 0 Å². The predicted octanol–water partition coefficient (Wildman–Crippen LogP) is 1.64. The van der Waals surface area contributed by atoms with Gasteiger partial charge in [-0.05, 0) is 18.6 Å². The van der Waals surface area contributed by atoms with Crippen LogP contribution in [-0.4, -0.2) is 49.4 Å². The number of hydrogen-bond acceptors (Lipinski definition) is 3. The minimum Gasteiger partial charge on any atom is -0.368 e. The van der Waals surface area contributed by atoms with Gasteiger partial charge in [-0.3, -0.25) is 9.59 Å². The average molecular weight is 303 g/mol. The Labute approximate surface area is 132 Å². The van der Waals surface area contributed by atoms with Crippen LogP contribution in [0.2, 0.25) is 0 Å². The lowest BCUT2D eigenvalue weighted by atomic mass is 10.2. The molecule has 1 aliphatic heterocycles. The van der Waals surface area contributed by atoms with Gasteiger partial charge in [0.15, 0.2) is 0 Å². The highest BCUT2D eigenvalue weighted by molar-refractivity contribution is 5.96. The third-order valence-electron chi connectivity index (χ3n) is 3.92. The van der Waals surface area contributed by atoms with E-state index in [0.717, 1.165) is 25.9 Å². The number of nitrogens with one attached hydrogen (secondary N) is 1. The molecule has 0 bridgehead atoms. The maximum atomic E-state index is 12.1. The van der Waals surface area contributed by atoms with Gasteiger partial charge < -0.3 is 15.1 Å². The summed E-state index contributed by atoms with van der Waals surface area (Å²) >= 11 is 0. The van der Waals surface area contributed by atoms with E-state index in [1.54, 1.807) is 4.90 Å². The highest BCUT2D eigenvalue weighted by Crippen LogP contribution is 2.15. The number of anilines is 1. The van der Waals surface area contributed by atoms with Crippen molar-refractivity contribution in [2.75, 3.05) is 37.6 Å². The summed E-state index contributed by atoms with van der Waals surface area (Å²) in [6.07, 6.45) is 1.96.